The van der Waals surface area contributed by atoms with Crippen LogP contribution < -0.4 is 11.3 Å². The molecule has 1 aliphatic heterocycles. The van der Waals surface area contributed by atoms with Gasteiger partial charge in [-0.1, -0.05) is 6.92 Å². The number of hydrogen-bond acceptors (Lipinski definition) is 5. The van der Waals surface area contributed by atoms with Crippen molar-refractivity contribution in [2.24, 2.45) is 11.7 Å². The lowest BCUT2D eigenvalue weighted by Gasteiger charge is -2.38. The number of nitrogens with two attached hydrogens (primary N) is 1. The number of hydrogen-bond donors (Lipinski definition) is 1. The van der Waals surface area contributed by atoms with E-state index in [1.165, 1.54) is 11.3 Å². The lowest BCUT2D eigenvalue weighted by molar-refractivity contribution is -0.135. The topological polar surface area (TPSA) is 81.2 Å². The second-order valence-electron chi connectivity index (χ2n) is 7.06. The molecule has 0 spiro atoms. The number of carbonyl (C=O) groups excluding carboxylic acids is 1. The quantitative estimate of drug-likeness (QED) is 0.902. The average Bonchev–Trinajstić information content (AvgIpc) is 2.89. The number of fused-ring (bicyclic) bond motifs is 1. The zero-order chi connectivity index (χ0) is 18.1. The Labute approximate surface area is 151 Å². The molecule has 0 radical (unpaired) electrons. The summed E-state index contributed by atoms with van der Waals surface area (Å²) in [6, 6.07) is 0.121. The van der Waals surface area contributed by atoms with Crippen LogP contribution in [-0.2, 0) is 11.3 Å². The Hall–Kier alpha value is -1.73. The number of aryl methyl sites for hydroxylation is 3. The third-order valence-corrected chi connectivity index (χ3v) is 6.41. The summed E-state index contributed by atoms with van der Waals surface area (Å²) in [5, 5.41) is 0.684. The molecule has 3 rings (SSSR count). The first-order valence-corrected chi connectivity index (χ1v) is 9.68. The van der Waals surface area contributed by atoms with Crippen LogP contribution in [0.1, 0.15) is 36.6 Å². The summed E-state index contributed by atoms with van der Waals surface area (Å²) in [6.45, 7) is 7.77. The van der Waals surface area contributed by atoms with Gasteiger partial charge in [0, 0.05) is 37.0 Å². The fourth-order valence-corrected chi connectivity index (χ4v) is 4.58. The minimum atomic E-state index is -0.0534. The zero-order valence-corrected chi connectivity index (χ0v) is 15.9. The fraction of sp³-hybridized carbons (Fsp3) is 0.611. The second kappa shape index (κ2) is 7.25. The highest BCUT2D eigenvalue weighted by Gasteiger charge is 2.28. The van der Waals surface area contributed by atoms with Gasteiger partial charge in [-0.3, -0.25) is 14.2 Å². The smallest absolute Gasteiger partial charge is 0.262 e. The number of amides is 1. The summed E-state index contributed by atoms with van der Waals surface area (Å²) >= 11 is 1.54. The molecule has 0 aliphatic carbocycles. The molecule has 2 N–H and O–H groups in total. The van der Waals surface area contributed by atoms with Crippen LogP contribution >= 0.6 is 11.3 Å². The van der Waals surface area contributed by atoms with Gasteiger partial charge in [0.05, 0.1) is 11.7 Å². The van der Waals surface area contributed by atoms with Crippen molar-refractivity contribution in [1.82, 2.24) is 14.5 Å². The van der Waals surface area contributed by atoms with E-state index in [1.807, 2.05) is 18.7 Å². The zero-order valence-electron chi connectivity index (χ0n) is 15.1. The van der Waals surface area contributed by atoms with E-state index in [-0.39, 0.29) is 17.5 Å². The molecule has 0 bridgehead atoms. The minimum absolute atomic E-state index is 0.0534. The number of thiophene rings is 1. The van der Waals surface area contributed by atoms with Crippen molar-refractivity contribution < 1.29 is 4.79 Å². The number of piperidine rings is 1. The average molecular weight is 362 g/mol. The summed E-state index contributed by atoms with van der Waals surface area (Å²) in [7, 11) is 0. The molecule has 0 aromatic carbocycles. The van der Waals surface area contributed by atoms with Crippen molar-refractivity contribution in [3.05, 3.63) is 27.1 Å². The van der Waals surface area contributed by atoms with Crippen molar-refractivity contribution in [2.75, 3.05) is 13.1 Å². The Bertz CT molecular complexity index is 841. The van der Waals surface area contributed by atoms with Crippen molar-refractivity contribution >= 4 is 27.5 Å². The standard InChI is InChI=1S/C18H26N4O2S/c1-11-4-7-22(14(8-11)9-19)15(23)5-6-21-10-20-17-16(18(21)24)12(2)13(3)25-17/h10-11,14H,4-9,19H2,1-3H3. The highest BCUT2D eigenvalue weighted by molar-refractivity contribution is 7.18. The molecule has 2 unspecified atom stereocenters. The molecule has 7 heteroatoms. The summed E-state index contributed by atoms with van der Waals surface area (Å²) in [5.74, 6) is 0.684. The molecule has 3 heterocycles. The first-order valence-electron chi connectivity index (χ1n) is 8.87. The van der Waals surface area contributed by atoms with Gasteiger partial charge in [-0.15, -0.1) is 11.3 Å². The third kappa shape index (κ3) is 3.48. The molecule has 2 aromatic heterocycles. The van der Waals surface area contributed by atoms with Gasteiger partial charge < -0.3 is 10.6 Å². The molecular formula is C18H26N4O2S. The molecule has 1 amide bonds. The highest BCUT2D eigenvalue weighted by atomic mass is 32.1. The Kier molecular flexibility index (Phi) is 5.24. The van der Waals surface area contributed by atoms with E-state index in [1.54, 1.807) is 10.9 Å². The van der Waals surface area contributed by atoms with E-state index in [9.17, 15) is 9.59 Å². The van der Waals surface area contributed by atoms with Crippen molar-refractivity contribution in [2.45, 2.75) is 52.6 Å². The lowest BCUT2D eigenvalue weighted by Crippen LogP contribution is -2.49. The second-order valence-corrected chi connectivity index (χ2v) is 8.27. The Morgan fingerprint density at radius 3 is 2.92 bits per heavy atom. The maximum Gasteiger partial charge on any atom is 0.262 e. The molecule has 2 atom stereocenters. The molecule has 2 aromatic rings. The largest absolute Gasteiger partial charge is 0.338 e. The predicted octanol–water partition coefficient (Wildman–Crippen LogP) is 2.05. The van der Waals surface area contributed by atoms with E-state index in [2.05, 4.69) is 11.9 Å². The molecule has 6 nitrogen and oxygen atoms in total. The lowest BCUT2D eigenvalue weighted by atomic mass is 9.92. The van der Waals surface area contributed by atoms with Crippen LogP contribution in [0.5, 0.6) is 0 Å². The van der Waals surface area contributed by atoms with Gasteiger partial charge in [0.25, 0.3) is 5.56 Å². The van der Waals surface area contributed by atoms with E-state index < -0.39 is 0 Å². The summed E-state index contributed by atoms with van der Waals surface area (Å²) < 4.78 is 1.56. The van der Waals surface area contributed by atoms with Gasteiger partial charge in [0.1, 0.15) is 4.83 Å². The number of likely N-dealkylation sites (tertiary alicyclic amines) is 1. The highest BCUT2D eigenvalue weighted by Crippen LogP contribution is 2.25. The van der Waals surface area contributed by atoms with Gasteiger partial charge in [-0.2, -0.15) is 0 Å². The molecule has 1 aliphatic rings. The van der Waals surface area contributed by atoms with E-state index in [0.717, 1.165) is 34.7 Å². The van der Waals surface area contributed by atoms with Gasteiger partial charge in [0.15, 0.2) is 0 Å². The SMILES string of the molecule is Cc1sc2ncn(CCC(=O)N3CCC(C)CC3CN)c(=O)c2c1C. The van der Waals surface area contributed by atoms with E-state index in [4.69, 9.17) is 5.73 Å². The summed E-state index contributed by atoms with van der Waals surface area (Å²) in [6.07, 6.45) is 3.85. The first-order chi connectivity index (χ1) is 11.9. The number of nitrogens with zero attached hydrogens (tertiary/aromatic N) is 3. The monoisotopic (exact) mass is 362 g/mol. The molecular weight excluding hydrogens is 336 g/mol. The van der Waals surface area contributed by atoms with E-state index >= 15 is 0 Å². The van der Waals surface area contributed by atoms with Gasteiger partial charge >= 0.3 is 0 Å². The predicted molar refractivity (Wildman–Crippen MR) is 101 cm³/mol. The maximum absolute atomic E-state index is 12.7. The van der Waals surface area contributed by atoms with Gasteiger partial charge in [-0.05, 0) is 38.2 Å². The minimum Gasteiger partial charge on any atom is -0.338 e. The summed E-state index contributed by atoms with van der Waals surface area (Å²) in [5.41, 5.74) is 6.79. The molecule has 0 saturated carbocycles. The Morgan fingerprint density at radius 1 is 1.44 bits per heavy atom. The van der Waals surface area contributed by atoms with Crippen LogP contribution in [0.15, 0.2) is 11.1 Å². The Balaban J connectivity index is 1.74. The van der Waals surface area contributed by atoms with Gasteiger partial charge in [-0.25, -0.2) is 4.98 Å². The molecule has 1 saturated heterocycles. The van der Waals surface area contributed by atoms with Gasteiger partial charge in [0.2, 0.25) is 5.91 Å². The maximum atomic E-state index is 12.7. The molecule has 136 valence electrons. The fourth-order valence-electron chi connectivity index (χ4n) is 3.59. The van der Waals surface area contributed by atoms with Crippen molar-refractivity contribution in [3.63, 3.8) is 0 Å². The van der Waals surface area contributed by atoms with Crippen molar-refractivity contribution in [3.8, 4) is 0 Å². The van der Waals surface area contributed by atoms with Crippen molar-refractivity contribution in [1.29, 1.82) is 0 Å². The van der Waals surface area contributed by atoms with Crippen LogP contribution in [0.3, 0.4) is 0 Å². The Morgan fingerprint density at radius 2 is 2.20 bits per heavy atom. The normalized spacial score (nSPS) is 21.0. The molecule has 1 fully saturated rings. The number of aromatic nitrogens is 2. The van der Waals surface area contributed by atoms with E-state index in [0.29, 0.717) is 30.8 Å². The van der Waals surface area contributed by atoms with Crippen LogP contribution in [0, 0.1) is 19.8 Å². The van der Waals surface area contributed by atoms with Crippen LogP contribution in [0.4, 0.5) is 0 Å². The first kappa shape index (κ1) is 18.1. The number of carbonyl (C=O) groups is 1. The number of rotatable bonds is 4. The van der Waals surface area contributed by atoms with Crippen LogP contribution in [0.2, 0.25) is 0 Å². The molecule has 25 heavy (non-hydrogen) atoms. The third-order valence-electron chi connectivity index (χ3n) is 5.29. The van der Waals surface area contributed by atoms with Crippen LogP contribution in [0.25, 0.3) is 10.2 Å². The van der Waals surface area contributed by atoms with Crippen LogP contribution in [-0.4, -0.2) is 39.5 Å². The summed E-state index contributed by atoms with van der Waals surface area (Å²) in [4.78, 5) is 33.5.